The Morgan fingerprint density at radius 3 is 2.33 bits per heavy atom. The fraction of sp³-hybridized carbons (Fsp3) is 0.667. The molecular formula is C15H25N2O6P. The molecule has 0 radical (unpaired) electrons. The van der Waals surface area contributed by atoms with Gasteiger partial charge in [-0.3, -0.25) is 14.2 Å². The first-order valence-corrected chi connectivity index (χ1v) is 9.51. The third-order valence-corrected chi connectivity index (χ3v) is 5.90. The Morgan fingerprint density at radius 1 is 1.25 bits per heavy atom. The predicted octanol–water partition coefficient (Wildman–Crippen LogP) is 2.12. The highest BCUT2D eigenvalue weighted by Crippen LogP contribution is 2.54. The summed E-state index contributed by atoms with van der Waals surface area (Å²) in [7, 11) is -1.84. The zero-order chi connectivity index (χ0) is 18.2. The number of ether oxygens (including phenoxy) is 1. The summed E-state index contributed by atoms with van der Waals surface area (Å²) in [4.78, 5) is 28.1. The van der Waals surface area contributed by atoms with Crippen LogP contribution in [0.5, 0.6) is 0 Å². The number of aryl methyl sites for hydroxylation is 1. The second-order valence-electron chi connectivity index (χ2n) is 5.12. The molecule has 0 saturated carbocycles. The Bertz CT molecular complexity index is 591. The van der Waals surface area contributed by atoms with Gasteiger partial charge in [-0.15, -0.1) is 0 Å². The highest BCUT2D eigenvalue weighted by atomic mass is 31.2. The number of imidazole rings is 1. The van der Waals surface area contributed by atoms with Crippen molar-refractivity contribution in [3.63, 3.8) is 0 Å². The maximum absolute atomic E-state index is 12.7. The Kier molecular flexibility index (Phi) is 8.31. The molecule has 0 aromatic carbocycles. The lowest BCUT2D eigenvalue weighted by Crippen LogP contribution is -2.27. The average molecular weight is 360 g/mol. The van der Waals surface area contributed by atoms with Crippen LogP contribution in [0.2, 0.25) is 0 Å². The van der Waals surface area contributed by atoms with Gasteiger partial charge in [0.05, 0.1) is 26.0 Å². The molecule has 1 unspecified atom stereocenters. The highest BCUT2D eigenvalue weighted by Gasteiger charge is 2.41. The van der Waals surface area contributed by atoms with E-state index in [0.717, 1.165) is 5.69 Å². The smallest absolute Gasteiger partial charge is 0.344 e. The fourth-order valence-electron chi connectivity index (χ4n) is 2.15. The van der Waals surface area contributed by atoms with E-state index in [4.69, 9.17) is 13.8 Å². The zero-order valence-corrected chi connectivity index (χ0v) is 15.5. The maximum atomic E-state index is 12.7. The molecule has 0 saturated heterocycles. The molecule has 1 aromatic rings. The van der Waals surface area contributed by atoms with E-state index >= 15 is 0 Å². The number of carbonyl (C=O) groups excluding carboxylic acids is 2. The van der Waals surface area contributed by atoms with Crippen LogP contribution in [-0.2, 0) is 41.4 Å². The lowest BCUT2D eigenvalue weighted by Gasteiger charge is -2.23. The number of ketones is 1. The van der Waals surface area contributed by atoms with Crippen molar-refractivity contribution in [2.75, 3.05) is 19.8 Å². The first-order chi connectivity index (χ1) is 11.4. The predicted molar refractivity (Wildman–Crippen MR) is 87.8 cm³/mol. The number of aromatic nitrogens is 2. The molecule has 24 heavy (non-hydrogen) atoms. The average Bonchev–Trinajstić information content (AvgIpc) is 2.91. The molecule has 1 atom stereocenters. The van der Waals surface area contributed by atoms with Crippen molar-refractivity contribution in [3.05, 3.63) is 18.2 Å². The maximum Gasteiger partial charge on any atom is 0.344 e. The summed E-state index contributed by atoms with van der Waals surface area (Å²) in [5.74, 6) is -1.02. The van der Waals surface area contributed by atoms with E-state index in [1.54, 1.807) is 44.9 Å². The molecule has 0 spiro atoms. The van der Waals surface area contributed by atoms with E-state index in [1.165, 1.54) is 0 Å². The van der Waals surface area contributed by atoms with E-state index in [-0.39, 0.29) is 31.8 Å². The van der Waals surface area contributed by atoms with Crippen LogP contribution in [0.15, 0.2) is 12.5 Å². The van der Waals surface area contributed by atoms with Gasteiger partial charge in [-0.05, 0) is 20.3 Å². The van der Waals surface area contributed by atoms with Gasteiger partial charge in [0.2, 0.25) is 0 Å². The summed E-state index contributed by atoms with van der Waals surface area (Å²) < 4.78 is 29.8. The Balaban J connectivity index is 2.65. The van der Waals surface area contributed by atoms with Crippen LogP contribution >= 0.6 is 7.60 Å². The molecule has 1 aromatic heterocycles. The second-order valence-corrected chi connectivity index (χ2v) is 7.34. The van der Waals surface area contributed by atoms with Gasteiger partial charge < -0.3 is 18.4 Å². The van der Waals surface area contributed by atoms with Crippen LogP contribution in [0.4, 0.5) is 0 Å². The summed E-state index contributed by atoms with van der Waals surface area (Å²) in [6, 6.07) is 0. The summed E-state index contributed by atoms with van der Waals surface area (Å²) >= 11 is 0. The van der Waals surface area contributed by atoms with E-state index in [2.05, 4.69) is 4.98 Å². The molecule has 8 nitrogen and oxygen atoms in total. The number of esters is 1. The third kappa shape index (κ3) is 5.54. The number of hydrogen-bond acceptors (Lipinski definition) is 7. The van der Waals surface area contributed by atoms with Crippen LogP contribution in [-0.4, -0.2) is 46.8 Å². The number of hydrogen-bond donors (Lipinski definition) is 0. The van der Waals surface area contributed by atoms with Crippen molar-refractivity contribution in [1.82, 2.24) is 9.55 Å². The number of nitrogens with zero attached hydrogens (tertiary/aromatic N) is 2. The van der Waals surface area contributed by atoms with Crippen molar-refractivity contribution in [2.45, 2.75) is 39.3 Å². The lowest BCUT2D eigenvalue weighted by atomic mass is 10.2. The molecule has 0 bridgehead atoms. The minimum atomic E-state index is -3.61. The molecule has 0 fully saturated rings. The molecule has 0 aliphatic rings. The molecule has 1 heterocycles. The minimum Gasteiger partial charge on any atom is -0.457 e. The van der Waals surface area contributed by atoms with E-state index in [1.807, 2.05) is 0 Å². The normalized spacial score (nSPS) is 12.8. The Morgan fingerprint density at radius 2 is 1.88 bits per heavy atom. The quantitative estimate of drug-likeness (QED) is 0.440. The first kappa shape index (κ1) is 20.5. The summed E-state index contributed by atoms with van der Waals surface area (Å²) in [5, 5.41) is 0. The number of rotatable bonds is 11. The topological polar surface area (TPSA) is 96.7 Å². The van der Waals surface area contributed by atoms with Gasteiger partial charge in [0.15, 0.2) is 11.4 Å². The van der Waals surface area contributed by atoms with Crippen molar-refractivity contribution in [3.8, 4) is 0 Å². The van der Waals surface area contributed by atoms with Gasteiger partial charge in [0.25, 0.3) is 0 Å². The van der Waals surface area contributed by atoms with Crippen molar-refractivity contribution in [2.24, 2.45) is 7.05 Å². The van der Waals surface area contributed by atoms with Crippen LogP contribution < -0.4 is 0 Å². The number of carbonyl (C=O) groups is 2. The summed E-state index contributed by atoms with van der Waals surface area (Å²) in [6.07, 6.45) is 3.50. The van der Waals surface area contributed by atoms with Gasteiger partial charge in [-0.1, -0.05) is 6.92 Å². The van der Waals surface area contributed by atoms with E-state index in [9.17, 15) is 14.2 Å². The molecule has 0 amide bonds. The fourth-order valence-corrected chi connectivity index (χ4v) is 4.09. The van der Waals surface area contributed by atoms with Crippen LogP contribution in [0, 0.1) is 0 Å². The lowest BCUT2D eigenvalue weighted by molar-refractivity contribution is -0.147. The molecule has 0 N–H and O–H groups in total. The Hall–Kier alpha value is -1.50. The van der Waals surface area contributed by atoms with Gasteiger partial charge in [-0.2, -0.15) is 0 Å². The minimum absolute atomic E-state index is 0.106. The second kappa shape index (κ2) is 9.71. The molecule has 0 aliphatic heterocycles. The van der Waals surface area contributed by atoms with Gasteiger partial charge in [-0.25, -0.2) is 4.98 Å². The van der Waals surface area contributed by atoms with Crippen LogP contribution in [0.1, 0.15) is 32.9 Å². The van der Waals surface area contributed by atoms with Crippen molar-refractivity contribution >= 4 is 19.3 Å². The SMILES string of the molecule is CCOP(=O)(OCC)C(CC)C(=O)OCC(=O)Cc1cncn1C. The van der Waals surface area contributed by atoms with Crippen LogP contribution in [0.25, 0.3) is 0 Å². The first-order valence-electron chi connectivity index (χ1n) is 7.90. The molecule has 0 aliphatic carbocycles. The third-order valence-electron chi connectivity index (χ3n) is 3.33. The molecule has 9 heteroatoms. The van der Waals surface area contributed by atoms with E-state index < -0.39 is 25.8 Å². The van der Waals surface area contributed by atoms with Crippen molar-refractivity contribution < 1.29 is 27.9 Å². The standard InChI is InChI=1S/C15H25N2O6P/c1-5-14(24(20,22-6-2)23-7-3)15(19)21-10-13(18)8-12-9-16-11-17(12)4/h9,11,14H,5-8,10H2,1-4H3. The molecule has 136 valence electrons. The van der Waals surface area contributed by atoms with Crippen molar-refractivity contribution in [1.29, 1.82) is 0 Å². The monoisotopic (exact) mass is 360 g/mol. The van der Waals surface area contributed by atoms with Gasteiger partial charge >= 0.3 is 13.6 Å². The Labute approximate surface area is 142 Å². The van der Waals surface area contributed by atoms with Gasteiger partial charge in [0.1, 0.15) is 6.61 Å². The summed E-state index contributed by atoms with van der Waals surface area (Å²) in [5.41, 5.74) is -0.320. The molecule has 1 rings (SSSR count). The summed E-state index contributed by atoms with van der Waals surface area (Å²) in [6.45, 7) is 4.94. The number of Topliss-reactive ketones (excluding diaryl/α,β-unsaturated/α-hetero) is 1. The zero-order valence-electron chi connectivity index (χ0n) is 14.6. The molecular weight excluding hydrogens is 335 g/mol. The van der Waals surface area contributed by atoms with Gasteiger partial charge in [0, 0.05) is 18.9 Å². The highest BCUT2D eigenvalue weighted by molar-refractivity contribution is 7.55. The van der Waals surface area contributed by atoms with Crippen LogP contribution in [0.3, 0.4) is 0 Å². The van der Waals surface area contributed by atoms with E-state index in [0.29, 0.717) is 0 Å². The largest absolute Gasteiger partial charge is 0.457 e.